The Balaban J connectivity index is 2.17. The SMILES string of the molecule is CCOc1ccc(C(F)(F)F)cc1C(/N=c1\sc(C(C)(C)C)cn1C[C@H]1CCCO1)=N\C#N. The number of aliphatic imine (C=N–C) groups is 1. The molecule has 6 nitrogen and oxygen atoms in total. The van der Waals surface area contributed by atoms with Gasteiger partial charge < -0.3 is 14.0 Å². The Kier molecular flexibility index (Phi) is 7.65. The molecule has 1 aliphatic rings. The fourth-order valence-corrected chi connectivity index (χ4v) is 4.46. The van der Waals surface area contributed by atoms with Crippen molar-refractivity contribution in [3.8, 4) is 11.9 Å². The van der Waals surface area contributed by atoms with Crippen LogP contribution in [0, 0.1) is 11.5 Å². The Morgan fingerprint density at radius 3 is 2.67 bits per heavy atom. The van der Waals surface area contributed by atoms with Crippen LogP contribution in [0.2, 0.25) is 0 Å². The number of alkyl halides is 3. The van der Waals surface area contributed by atoms with Gasteiger partial charge in [-0.3, -0.25) is 0 Å². The van der Waals surface area contributed by atoms with Gasteiger partial charge in [-0.1, -0.05) is 20.8 Å². The van der Waals surface area contributed by atoms with Crippen molar-refractivity contribution in [1.82, 2.24) is 4.57 Å². The number of ether oxygens (including phenoxy) is 2. The van der Waals surface area contributed by atoms with Gasteiger partial charge in [0.25, 0.3) is 0 Å². The van der Waals surface area contributed by atoms with Crippen LogP contribution >= 0.6 is 11.3 Å². The average molecular weight is 481 g/mol. The van der Waals surface area contributed by atoms with Crippen LogP contribution in [0.25, 0.3) is 0 Å². The second kappa shape index (κ2) is 10.1. The maximum Gasteiger partial charge on any atom is 0.416 e. The highest BCUT2D eigenvalue weighted by Crippen LogP contribution is 2.33. The molecule has 1 fully saturated rings. The highest BCUT2D eigenvalue weighted by molar-refractivity contribution is 7.09. The number of rotatable bonds is 5. The minimum absolute atomic E-state index is 0.0163. The zero-order valence-corrected chi connectivity index (χ0v) is 19.9. The Morgan fingerprint density at radius 2 is 2.09 bits per heavy atom. The largest absolute Gasteiger partial charge is 0.493 e. The van der Waals surface area contributed by atoms with E-state index in [2.05, 4.69) is 30.8 Å². The summed E-state index contributed by atoms with van der Waals surface area (Å²) in [7, 11) is 0. The highest BCUT2D eigenvalue weighted by atomic mass is 32.1. The Morgan fingerprint density at radius 1 is 1.33 bits per heavy atom. The molecule has 0 radical (unpaired) electrons. The fourth-order valence-electron chi connectivity index (χ4n) is 3.40. The standard InChI is InChI=1S/C23H27F3N4O2S/c1-5-31-18-9-8-15(23(24,25)26)11-17(18)20(28-14-27)29-21-30(12-16-7-6-10-32-16)13-19(33-21)22(2,3)4/h8-9,11,13,16H,5-7,10,12H2,1-4H3/b28-20+,29-21-/t16-/m1/s1. The van der Waals surface area contributed by atoms with Crippen LogP contribution in [0.5, 0.6) is 5.75 Å². The average Bonchev–Trinajstić information content (AvgIpc) is 3.38. The molecule has 0 spiro atoms. The van der Waals surface area contributed by atoms with Crippen molar-refractivity contribution in [2.24, 2.45) is 9.98 Å². The van der Waals surface area contributed by atoms with Gasteiger partial charge in [-0.05, 0) is 43.4 Å². The number of amidine groups is 1. The number of hydrogen-bond donors (Lipinski definition) is 0. The normalized spacial score (nSPS) is 17.9. The lowest BCUT2D eigenvalue weighted by molar-refractivity contribution is -0.137. The Hall–Kier alpha value is -2.64. The molecule has 0 amide bonds. The quantitative estimate of drug-likeness (QED) is 0.332. The van der Waals surface area contributed by atoms with Gasteiger partial charge in [0.05, 0.1) is 30.4 Å². The number of thiazole rings is 1. The third kappa shape index (κ3) is 6.24. The molecule has 0 aliphatic carbocycles. The number of halogens is 3. The number of nitrogens with zero attached hydrogens (tertiary/aromatic N) is 4. The van der Waals surface area contributed by atoms with Crippen molar-refractivity contribution in [2.45, 2.75) is 64.8 Å². The van der Waals surface area contributed by atoms with E-state index in [-0.39, 0.29) is 35.3 Å². The molecule has 1 aliphatic heterocycles. The molecule has 0 saturated carbocycles. The lowest BCUT2D eigenvalue weighted by Crippen LogP contribution is -2.24. The van der Waals surface area contributed by atoms with Crippen LogP contribution in [0.3, 0.4) is 0 Å². The first-order valence-corrected chi connectivity index (χ1v) is 11.5. The number of hydrogen-bond acceptors (Lipinski definition) is 5. The molecule has 1 saturated heterocycles. The van der Waals surface area contributed by atoms with Gasteiger partial charge in [0.1, 0.15) is 5.75 Å². The van der Waals surface area contributed by atoms with Gasteiger partial charge in [0.15, 0.2) is 10.6 Å². The smallest absolute Gasteiger partial charge is 0.416 e. The lowest BCUT2D eigenvalue weighted by atomic mass is 9.95. The summed E-state index contributed by atoms with van der Waals surface area (Å²) in [5, 5.41) is 9.28. The first-order chi connectivity index (χ1) is 15.5. The van der Waals surface area contributed by atoms with Gasteiger partial charge >= 0.3 is 6.18 Å². The summed E-state index contributed by atoms with van der Waals surface area (Å²) in [5.41, 5.74) is -1.01. The maximum atomic E-state index is 13.4. The van der Waals surface area contributed by atoms with E-state index in [0.717, 1.165) is 29.9 Å². The van der Waals surface area contributed by atoms with Crippen LogP contribution < -0.4 is 9.54 Å². The van der Waals surface area contributed by atoms with Crippen LogP contribution in [0.15, 0.2) is 34.4 Å². The summed E-state index contributed by atoms with van der Waals surface area (Å²) in [4.78, 5) is 9.91. The van der Waals surface area contributed by atoms with E-state index in [1.807, 2.05) is 10.8 Å². The molecule has 1 aromatic carbocycles. The van der Waals surface area contributed by atoms with Crippen molar-refractivity contribution < 1.29 is 22.6 Å². The summed E-state index contributed by atoms with van der Waals surface area (Å²) < 4.78 is 53.4. The second-order valence-corrected chi connectivity index (χ2v) is 9.71. The zero-order chi connectivity index (χ0) is 24.2. The van der Waals surface area contributed by atoms with Crippen LogP contribution in [0.1, 0.15) is 56.5 Å². The summed E-state index contributed by atoms with van der Waals surface area (Å²) >= 11 is 1.42. The van der Waals surface area contributed by atoms with Gasteiger partial charge in [-0.15, -0.1) is 11.3 Å². The Labute approximate surface area is 195 Å². The van der Waals surface area contributed by atoms with Gasteiger partial charge in [0.2, 0.25) is 6.19 Å². The minimum Gasteiger partial charge on any atom is -0.493 e. The van der Waals surface area contributed by atoms with Crippen LogP contribution in [0.4, 0.5) is 13.2 Å². The van der Waals surface area contributed by atoms with Crippen molar-refractivity contribution in [3.63, 3.8) is 0 Å². The molecule has 0 N–H and O–H groups in total. The molecular formula is C23H27F3N4O2S. The molecule has 10 heteroatoms. The number of benzene rings is 1. The molecule has 1 atom stereocenters. The maximum absolute atomic E-state index is 13.4. The van der Waals surface area contributed by atoms with E-state index >= 15 is 0 Å². The van der Waals surface area contributed by atoms with Crippen molar-refractivity contribution in [1.29, 1.82) is 5.26 Å². The molecule has 0 unspecified atom stereocenters. The molecule has 178 valence electrons. The monoisotopic (exact) mass is 480 g/mol. The molecule has 2 aromatic rings. The predicted octanol–water partition coefficient (Wildman–Crippen LogP) is 5.27. The second-order valence-electron chi connectivity index (χ2n) is 8.70. The van der Waals surface area contributed by atoms with Gasteiger partial charge in [0, 0.05) is 17.7 Å². The molecule has 2 heterocycles. The summed E-state index contributed by atoms with van der Waals surface area (Å²) in [6.07, 6.45) is 1.05. The predicted molar refractivity (Wildman–Crippen MR) is 120 cm³/mol. The first kappa shape index (κ1) is 25.0. The Bertz CT molecular complexity index is 1110. The van der Waals surface area contributed by atoms with Gasteiger partial charge in [-0.2, -0.15) is 28.4 Å². The third-order valence-electron chi connectivity index (χ3n) is 5.09. The van der Waals surface area contributed by atoms with E-state index in [9.17, 15) is 18.4 Å². The van der Waals surface area contributed by atoms with Crippen molar-refractivity contribution in [2.75, 3.05) is 13.2 Å². The summed E-state index contributed by atoms with van der Waals surface area (Å²) in [6.45, 7) is 9.45. The van der Waals surface area contributed by atoms with E-state index in [1.165, 1.54) is 17.4 Å². The fraction of sp³-hybridized carbons (Fsp3) is 0.522. The van der Waals surface area contributed by atoms with E-state index < -0.39 is 11.7 Å². The molecule has 1 aromatic heterocycles. The molecule has 0 bridgehead atoms. The van der Waals surface area contributed by atoms with E-state index in [1.54, 1.807) is 13.1 Å². The number of aromatic nitrogens is 1. The molecule has 3 rings (SSSR count). The summed E-state index contributed by atoms with van der Waals surface area (Å²) in [5.74, 6) is 0.0528. The van der Waals surface area contributed by atoms with E-state index in [0.29, 0.717) is 18.0 Å². The topological polar surface area (TPSA) is 71.9 Å². The van der Waals surface area contributed by atoms with E-state index in [4.69, 9.17) is 9.47 Å². The number of nitriles is 1. The molecule has 33 heavy (non-hydrogen) atoms. The molecular weight excluding hydrogens is 453 g/mol. The van der Waals surface area contributed by atoms with Crippen LogP contribution in [-0.4, -0.2) is 29.7 Å². The highest BCUT2D eigenvalue weighted by Gasteiger charge is 2.32. The van der Waals surface area contributed by atoms with Crippen molar-refractivity contribution >= 4 is 17.2 Å². The minimum atomic E-state index is -4.56. The van der Waals surface area contributed by atoms with Gasteiger partial charge in [-0.25, -0.2) is 0 Å². The first-order valence-electron chi connectivity index (χ1n) is 10.7. The summed E-state index contributed by atoms with van der Waals surface area (Å²) in [6, 6.07) is 3.10. The van der Waals surface area contributed by atoms with Crippen molar-refractivity contribution in [3.05, 3.63) is 45.2 Å². The third-order valence-corrected chi connectivity index (χ3v) is 6.53. The lowest BCUT2D eigenvalue weighted by Gasteiger charge is -2.15. The zero-order valence-electron chi connectivity index (χ0n) is 19.1. The van der Waals surface area contributed by atoms with Crippen LogP contribution in [-0.2, 0) is 22.9 Å².